The highest BCUT2D eigenvalue weighted by Gasteiger charge is 2.33. The predicted molar refractivity (Wildman–Crippen MR) is 152 cm³/mol. The van der Waals surface area contributed by atoms with Gasteiger partial charge in [0.1, 0.15) is 17.3 Å². The number of ether oxygens (including phenoxy) is 2. The first-order chi connectivity index (χ1) is 18.8. The summed E-state index contributed by atoms with van der Waals surface area (Å²) < 4.78 is 18.9. The van der Waals surface area contributed by atoms with Gasteiger partial charge in [-0.1, -0.05) is 46.7 Å². The molecule has 39 heavy (non-hydrogen) atoms. The molecule has 0 unspecified atom stereocenters. The number of aromatic nitrogens is 1. The third-order valence-corrected chi connectivity index (χ3v) is 7.65. The van der Waals surface area contributed by atoms with Gasteiger partial charge in [0.05, 0.1) is 40.1 Å². The molecule has 200 valence electrons. The van der Waals surface area contributed by atoms with Gasteiger partial charge in [-0.2, -0.15) is 0 Å². The average molecular weight is 583 g/mol. The number of hydrogen-bond acceptors (Lipinski definition) is 7. The highest BCUT2D eigenvalue weighted by molar-refractivity contribution is 7.07. The molecule has 10 heteroatoms. The fourth-order valence-corrected chi connectivity index (χ4v) is 5.94. The Balaban J connectivity index is 1.61. The van der Waals surface area contributed by atoms with E-state index in [0.29, 0.717) is 60.1 Å². The van der Waals surface area contributed by atoms with Crippen LogP contribution in [-0.4, -0.2) is 23.8 Å². The van der Waals surface area contributed by atoms with E-state index in [-0.39, 0.29) is 12.2 Å². The molecule has 0 aliphatic carbocycles. The van der Waals surface area contributed by atoms with Crippen molar-refractivity contribution in [2.24, 2.45) is 4.99 Å². The van der Waals surface area contributed by atoms with Crippen LogP contribution in [0.15, 0.2) is 80.1 Å². The summed E-state index contributed by atoms with van der Waals surface area (Å²) in [5.74, 6) is 1.20. The highest BCUT2D eigenvalue weighted by atomic mass is 35.5. The van der Waals surface area contributed by atoms with Gasteiger partial charge in [-0.15, -0.1) is 0 Å². The molecular formula is C29H24Cl2N2O5S. The van der Waals surface area contributed by atoms with Crippen molar-refractivity contribution >= 4 is 46.6 Å². The molecule has 5 rings (SSSR count). The van der Waals surface area contributed by atoms with Crippen molar-refractivity contribution in [2.75, 3.05) is 13.2 Å². The summed E-state index contributed by atoms with van der Waals surface area (Å²) in [5.41, 5.74) is 1.94. The number of thiazole rings is 1. The quantitative estimate of drug-likeness (QED) is 0.258. The number of esters is 1. The van der Waals surface area contributed by atoms with Crippen molar-refractivity contribution in [3.63, 3.8) is 0 Å². The Kier molecular flexibility index (Phi) is 7.79. The van der Waals surface area contributed by atoms with E-state index in [1.165, 1.54) is 15.9 Å². The molecular weight excluding hydrogens is 559 g/mol. The van der Waals surface area contributed by atoms with Crippen molar-refractivity contribution in [1.82, 2.24) is 4.57 Å². The van der Waals surface area contributed by atoms with Gasteiger partial charge in [-0.05, 0) is 68.8 Å². The van der Waals surface area contributed by atoms with Crippen LogP contribution in [0.4, 0.5) is 0 Å². The molecule has 3 heterocycles. The third-order valence-electron chi connectivity index (χ3n) is 6.12. The maximum Gasteiger partial charge on any atom is 0.338 e. The number of hydrogen-bond donors (Lipinski definition) is 0. The lowest BCUT2D eigenvalue weighted by molar-refractivity contribution is -0.139. The van der Waals surface area contributed by atoms with Crippen LogP contribution < -0.4 is 19.6 Å². The number of fused-ring (bicyclic) bond motifs is 1. The van der Waals surface area contributed by atoms with Crippen LogP contribution in [0, 0.1) is 0 Å². The Bertz CT molecular complexity index is 1770. The molecule has 0 N–H and O–H groups in total. The summed E-state index contributed by atoms with van der Waals surface area (Å²) in [7, 11) is 0. The summed E-state index contributed by atoms with van der Waals surface area (Å²) in [6.07, 6.45) is 1.66. The number of nitrogens with zero attached hydrogens (tertiary/aromatic N) is 2. The lowest BCUT2D eigenvalue weighted by atomic mass is 9.96. The number of rotatable bonds is 7. The first kappa shape index (κ1) is 27.0. The summed E-state index contributed by atoms with van der Waals surface area (Å²) in [6, 6.07) is 15.3. The van der Waals surface area contributed by atoms with Crippen molar-refractivity contribution in [1.29, 1.82) is 0 Å². The Morgan fingerprint density at radius 2 is 1.87 bits per heavy atom. The van der Waals surface area contributed by atoms with Crippen molar-refractivity contribution in [3.05, 3.63) is 107 Å². The molecule has 0 radical (unpaired) electrons. The molecule has 0 spiro atoms. The van der Waals surface area contributed by atoms with E-state index >= 15 is 0 Å². The van der Waals surface area contributed by atoms with Crippen LogP contribution in [0.2, 0.25) is 10.0 Å². The zero-order valence-electron chi connectivity index (χ0n) is 21.4. The predicted octanol–water partition coefficient (Wildman–Crippen LogP) is 5.76. The minimum atomic E-state index is -0.710. The first-order valence-electron chi connectivity index (χ1n) is 12.3. The molecule has 1 atom stereocenters. The monoisotopic (exact) mass is 582 g/mol. The van der Waals surface area contributed by atoms with Gasteiger partial charge in [0.2, 0.25) is 0 Å². The number of allylic oxidation sites excluding steroid dienone is 1. The van der Waals surface area contributed by atoms with Gasteiger partial charge >= 0.3 is 5.97 Å². The van der Waals surface area contributed by atoms with Gasteiger partial charge < -0.3 is 13.9 Å². The summed E-state index contributed by atoms with van der Waals surface area (Å²) in [4.78, 5) is 31.9. The van der Waals surface area contributed by atoms with Gasteiger partial charge in [0.25, 0.3) is 5.56 Å². The Morgan fingerprint density at radius 3 is 2.56 bits per heavy atom. The SMILES string of the molecule is CCOC(=O)C1=C(C)N=c2s/c(=C\c3ccc(-c4ccc(Cl)cc4Cl)o3)c(=O)n2[C@@H]1c1ccc(OCC)cc1. The van der Waals surface area contributed by atoms with E-state index in [4.69, 9.17) is 37.1 Å². The molecule has 7 nitrogen and oxygen atoms in total. The maximum atomic E-state index is 13.8. The van der Waals surface area contributed by atoms with Gasteiger partial charge in [0, 0.05) is 16.7 Å². The Morgan fingerprint density at radius 1 is 1.10 bits per heavy atom. The fraction of sp³-hybridized carbons (Fsp3) is 0.207. The van der Waals surface area contributed by atoms with E-state index in [2.05, 4.69) is 4.99 Å². The number of furan rings is 1. The lowest BCUT2D eigenvalue weighted by Crippen LogP contribution is -2.39. The zero-order chi connectivity index (χ0) is 27.7. The highest BCUT2D eigenvalue weighted by Crippen LogP contribution is 2.33. The maximum absolute atomic E-state index is 13.8. The topological polar surface area (TPSA) is 83.0 Å². The van der Waals surface area contributed by atoms with Crippen molar-refractivity contribution in [3.8, 4) is 17.1 Å². The standard InChI is InChI=1S/C29H24Cl2N2O5S/c1-4-36-19-9-6-17(7-10-19)26-25(28(35)37-5-2)16(3)32-29-33(26)27(34)24(39-29)15-20-11-13-23(38-20)21-12-8-18(30)14-22(21)31/h6-15,26H,4-5H2,1-3H3/b24-15-/t26-/m1/s1. The normalized spacial score (nSPS) is 15.2. The van der Waals surface area contributed by atoms with Crippen LogP contribution in [0.3, 0.4) is 0 Å². The van der Waals surface area contributed by atoms with Gasteiger partial charge in [-0.25, -0.2) is 9.79 Å². The van der Waals surface area contributed by atoms with Crippen LogP contribution in [0.5, 0.6) is 5.75 Å². The average Bonchev–Trinajstić information content (AvgIpc) is 3.48. The van der Waals surface area contributed by atoms with E-state index in [1.54, 1.807) is 50.3 Å². The molecule has 0 fully saturated rings. The Hall–Kier alpha value is -3.59. The van der Waals surface area contributed by atoms with Crippen LogP contribution >= 0.6 is 34.5 Å². The molecule has 1 aliphatic rings. The second-order valence-electron chi connectivity index (χ2n) is 8.63. The summed E-state index contributed by atoms with van der Waals surface area (Å²) in [6.45, 7) is 6.13. The number of carbonyl (C=O) groups excluding carboxylic acids is 1. The van der Waals surface area contributed by atoms with E-state index < -0.39 is 12.0 Å². The fourth-order valence-electron chi connectivity index (χ4n) is 4.41. The van der Waals surface area contributed by atoms with Crippen molar-refractivity contribution in [2.45, 2.75) is 26.8 Å². The van der Waals surface area contributed by atoms with Crippen LogP contribution in [0.1, 0.15) is 38.1 Å². The van der Waals surface area contributed by atoms with Crippen molar-refractivity contribution < 1.29 is 18.7 Å². The minimum Gasteiger partial charge on any atom is -0.494 e. The molecule has 2 aromatic carbocycles. The van der Waals surface area contributed by atoms with Gasteiger partial charge in [0.15, 0.2) is 4.80 Å². The van der Waals surface area contributed by atoms with E-state index in [9.17, 15) is 9.59 Å². The Labute approximate surface area is 238 Å². The van der Waals surface area contributed by atoms with E-state index in [1.807, 2.05) is 31.2 Å². The molecule has 1 aliphatic heterocycles. The van der Waals surface area contributed by atoms with Gasteiger partial charge in [-0.3, -0.25) is 9.36 Å². The molecule has 0 saturated carbocycles. The summed E-state index contributed by atoms with van der Waals surface area (Å²) >= 11 is 13.6. The second-order valence-corrected chi connectivity index (χ2v) is 10.5. The minimum absolute atomic E-state index is 0.203. The number of benzene rings is 2. The van der Waals surface area contributed by atoms with E-state index in [0.717, 1.165) is 5.56 Å². The molecule has 4 aromatic rings. The van der Waals surface area contributed by atoms with Crippen LogP contribution in [-0.2, 0) is 9.53 Å². The molecule has 0 amide bonds. The van der Waals surface area contributed by atoms with Crippen LogP contribution in [0.25, 0.3) is 17.4 Å². The third kappa shape index (κ3) is 5.32. The molecule has 0 bridgehead atoms. The molecule has 0 saturated heterocycles. The number of halogens is 2. The second kappa shape index (κ2) is 11.3. The zero-order valence-corrected chi connectivity index (χ0v) is 23.7. The first-order valence-corrected chi connectivity index (χ1v) is 13.9. The molecule has 2 aromatic heterocycles. The lowest BCUT2D eigenvalue weighted by Gasteiger charge is -2.24. The largest absolute Gasteiger partial charge is 0.494 e. The summed E-state index contributed by atoms with van der Waals surface area (Å²) in [5, 5.41) is 0.983. The number of carbonyl (C=O) groups is 1. The smallest absolute Gasteiger partial charge is 0.338 e.